The number of amides is 1. The first-order valence-electron chi connectivity index (χ1n) is 12.9. The Morgan fingerprint density at radius 1 is 1.34 bits per heavy atom. The summed E-state index contributed by atoms with van der Waals surface area (Å²) in [4.78, 5) is 14.5. The molecular formula is C28H41NO6. The molecule has 9 atom stereocenters. The Balaban J connectivity index is 1.68. The Morgan fingerprint density at radius 3 is 2.69 bits per heavy atom. The molecule has 1 amide bonds. The number of likely N-dealkylation sites (N-methyl/N-ethyl adjacent to an activating group) is 1. The van der Waals surface area contributed by atoms with Crippen LogP contribution in [0.2, 0.25) is 0 Å². The number of rotatable bonds is 3. The van der Waals surface area contributed by atoms with E-state index in [0.717, 1.165) is 17.6 Å². The quantitative estimate of drug-likeness (QED) is 0.591. The predicted octanol–water partition coefficient (Wildman–Crippen LogP) is 3.67. The summed E-state index contributed by atoms with van der Waals surface area (Å²) in [5, 5.41) is 25.2. The van der Waals surface area contributed by atoms with E-state index >= 15 is 0 Å². The minimum atomic E-state index is -1.69. The summed E-state index contributed by atoms with van der Waals surface area (Å²) >= 11 is 0. The number of aliphatic hydroxyl groups excluding tert-OH is 1. The number of fused-ring (bicyclic) bond motifs is 5. The van der Waals surface area contributed by atoms with Crippen molar-refractivity contribution in [2.24, 2.45) is 34.5 Å². The molecule has 194 valence electrons. The van der Waals surface area contributed by atoms with Crippen LogP contribution in [0.1, 0.15) is 48.0 Å². The molecule has 7 nitrogen and oxygen atoms in total. The van der Waals surface area contributed by atoms with Crippen molar-refractivity contribution >= 4 is 6.09 Å². The lowest BCUT2D eigenvalue weighted by molar-refractivity contribution is -0.312. The summed E-state index contributed by atoms with van der Waals surface area (Å²) in [5.41, 5.74) is -1.06. The molecule has 2 bridgehead atoms. The van der Waals surface area contributed by atoms with Crippen molar-refractivity contribution in [1.82, 2.24) is 4.90 Å². The Bertz CT molecular complexity index is 999. The van der Waals surface area contributed by atoms with Gasteiger partial charge in [0, 0.05) is 19.5 Å². The van der Waals surface area contributed by atoms with Crippen LogP contribution < -0.4 is 0 Å². The van der Waals surface area contributed by atoms with E-state index < -0.39 is 41.2 Å². The SMILES string of the molecule is C=CCN(C)C(=O)O[C@H]1C(C)=C[C@]23C(O)[C@@H](C=C4COC(C)(C)O[C@H]4[C@]12O)[C@H]1[C@@H](C[C@H]3C)C1(C)C. The third-order valence-corrected chi connectivity index (χ3v) is 9.87. The number of ether oxygens (including phenoxy) is 3. The molecule has 1 unspecified atom stereocenters. The summed E-state index contributed by atoms with van der Waals surface area (Å²) in [6.07, 6.45) is 3.45. The van der Waals surface area contributed by atoms with Gasteiger partial charge in [-0.2, -0.15) is 0 Å². The van der Waals surface area contributed by atoms with E-state index in [9.17, 15) is 15.0 Å². The predicted molar refractivity (Wildman–Crippen MR) is 131 cm³/mol. The molecule has 5 aliphatic rings. The second kappa shape index (κ2) is 7.67. The first kappa shape index (κ1) is 25.0. The van der Waals surface area contributed by atoms with Gasteiger partial charge in [0.05, 0.1) is 18.1 Å². The number of aliphatic hydroxyl groups is 2. The van der Waals surface area contributed by atoms with E-state index in [0.29, 0.717) is 25.0 Å². The molecule has 0 radical (unpaired) electrons. The van der Waals surface area contributed by atoms with Crippen LogP contribution in [0.15, 0.2) is 36.0 Å². The highest BCUT2D eigenvalue weighted by molar-refractivity contribution is 5.68. The normalized spacial score (nSPS) is 46.5. The number of nitrogens with zero attached hydrogens (tertiary/aromatic N) is 1. The summed E-state index contributed by atoms with van der Waals surface area (Å²) in [5.74, 6) is -0.396. The third-order valence-electron chi connectivity index (χ3n) is 9.87. The molecule has 1 spiro atoms. The van der Waals surface area contributed by atoms with Gasteiger partial charge in [-0.15, -0.1) is 6.58 Å². The second-order valence-electron chi connectivity index (χ2n) is 12.6. The van der Waals surface area contributed by atoms with Crippen LogP contribution in [0.5, 0.6) is 0 Å². The molecule has 1 aliphatic heterocycles. The van der Waals surface area contributed by atoms with Crippen molar-refractivity contribution in [3.8, 4) is 0 Å². The van der Waals surface area contributed by atoms with Crippen LogP contribution in [0.3, 0.4) is 0 Å². The van der Waals surface area contributed by atoms with E-state index in [1.54, 1.807) is 13.1 Å². The highest BCUT2D eigenvalue weighted by Gasteiger charge is 2.77. The highest BCUT2D eigenvalue weighted by Crippen LogP contribution is 2.73. The van der Waals surface area contributed by atoms with Gasteiger partial charge in [0.1, 0.15) is 11.7 Å². The zero-order valence-corrected chi connectivity index (χ0v) is 22.1. The zero-order valence-electron chi connectivity index (χ0n) is 22.1. The molecule has 2 saturated carbocycles. The standard InChI is InChI=1S/C28H41NO6/c1-9-10-29(8)24(31)34-22-15(2)13-27-16(3)11-19-20(25(19,4)5)18(21(27)30)12-17-14-33-26(6,7)35-23(17)28(22,27)32/h9,12-13,16,18-23,30,32H,1,10-11,14H2,2-8H3/t16-,18+,19-,20+,21?,22+,23-,27+,28-/m1/s1. The summed E-state index contributed by atoms with van der Waals surface area (Å²) in [6, 6.07) is 0. The van der Waals surface area contributed by atoms with Gasteiger partial charge in [0.2, 0.25) is 0 Å². The molecule has 1 saturated heterocycles. The molecule has 0 aromatic carbocycles. The lowest BCUT2D eigenvalue weighted by Gasteiger charge is -2.55. The van der Waals surface area contributed by atoms with Gasteiger partial charge < -0.3 is 29.3 Å². The van der Waals surface area contributed by atoms with Crippen LogP contribution >= 0.6 is 0 Å². The average Bonchev–Trinajstić information content (AvgIpc) is 3.26. The van der Waals surface area contributed by atoms with Crippen LogP contribution in [0, 0.1) is 34.5 Å². The van der Waals surface area contributed by atoms with Gasteiger partial charge in [-0.05, 0) is 61.5 Å². The van der Waals surface area contributed by atoms with Gasteiger partial charge in [-0.3, -0.25) is 0 Å². The van der Waals surface area contributed by atoms with Crippen molar-refractivity contribution < 1.29 is 29.2 Å². The maximum atomic E-state index is 13.0. The lowest BCUT2D eigenvalue weighted by Crippen LogP contribution is -2.69. The lowest BCUT2D eigenvalue weighted by atomic mass is 9.58. The molecule has 7 heteroatoms. The smallest absolute Gasteiger partial charge is 0.410 e. The topological polar surface area (TPSA) is 88.5 Å². The van der Waals surface area contributed by atoms with Gasteiger partial charge >= 0.3 is 6.09 Å². The Kier molecular flexibility index (Phi) is 5.48. The van der Waals surface area contributed by atoms with Gasteiger partial charge in [-0.1, -0.05) is 39.0 Å². The van der Waals surface area contributed by atoms with E-state index in [1.165, 1.54) is 4.90 Å². The maximum absolute atomic E-state index is 13.0. The van der Waals surface area contributed by atoms with Crippen LogP contribution in [0.25, 0.3) is 0 Å². The summed E-state index contributed by atoms with van der Waals surface area (Å²) < 4.78 is 18.5. The first-order chi connectivity index (χ1) is 16.2. The minimum Gasteiger partial charge on any atom is -0.438 e. The van der Waals surface area contributed by atoms with Crippen molar-refractivity contribution in [3.63, 3.8) is 0 Å². The van der Waals surface area contributed by atoms with Gasteiger partial charge in [0.15, 0.2) is 11.9 Å². The molecule has 1 heterocycles. The van der Waals surface area contributed by atoms with Crippen molar-refractivity contribution in [2.45, 2.75) is 77.7 Å². The van der Waals surface area contributed by atoms with Crippen LogP contribution in [-0.4, -0.2) is 71.1 Å². The number of carbonyl (C=O) groups excluding carboxylic acids is 1. The first-order valence-corrected chi connectivity index (χ1v) is 12.9. The molecule has 0 aromatic rings. The van der Waals surface area contributed by atoms with Gasteiger partial charge in [0.25, 0.3) is 0 Å². The minimum absolute atomic E-state index is 0.0614. The van der Waals surface area contributed by atoms with E-state index in [2.05, 4.69) is 33.4 Å². The maximum Gasteiger partial charge on any atom is 0.410 e. The number of hydrogen-bond acceptors (Lipinski definition) is 6. The van der Waals surface area contributed by atoms with Crippen molar-refractivity contribution in [2.75, 3.05) is 20.2 Å². The third kappa shape index (κ3) is 3.20. The zero-order chi connectivity index (χ0) is 25.7. The fourth-order valence-electron chi connectivity index (χ4n) is 8.07. The van der Waals surface area contributed by atoms with Crippen LogP contribution in [0.4, 0.5) is 4.79 Å². The monoisotopic (exact) mass is 487 g/mol. The summed E-state index contributed by atoms with van der Waals surface area (Å²) in [7, 11) is 1.64. The molecule has 0 aromatic heterocycles. The molecule has 35 heavy (non-hydrogen) atoms. The second-order valence-corrected chi connectivity index (χ2v) is 12.6. The molecule has 2 N–H and O–H groups in total. The molecule has 3 fully saturated rings. The number of carbonyl (C=O) groups is 1. The highest BCUT2D eigenvalue weighted by atomic mass is 16.7. The van der Waals surface area contributed by atoms with Crippen molar-refractivity contribution in [3.05, 3.63) is 36.0 Å². The number of hydrogen-bond donors (Lipinski definition) is 2. The Morgan fingerprint density at radius 2 is 2.03 bits per heavy atom. The summed E-state index contributed by atoms with van der Waals surface area (Å²) in [6.45, 7) is 16.5. The molecular weight excluding hydrogens is 446 g/mol. The van der Waals surface area contributed by atoms with Crippen molar-refractivity contribution in [1.29, 1.82) is 0 Å². The fraction of sp³-hybridized carbons (Fsp3) is 0.750. The van der Waals surface area contributed by atoms with E-state index in [-0.39, 0.29) is 17.3 Å². The largest absolute Gasteiger partial charge is 0.438 e. The Labute approximate surface area is 208 Å². The average molecular weight is 488 g/mol. The molecule has 4 aliphatic carbocycles. The fourth-order valence-corrected chi connectivity index (χ4v) is 8.07. The van der Waals surface area contributed by atoms with E-state index in [1.807, 2.05) is 26.8 Å². The van der Waals surface area contributed by atoms with Gasteiger partial charge in [-0.25, -0.2) is 4.79 Å². The Hall–Kier alpha value is -1.67. The molecule has 5 rings (SSSR count). The van der Waals surface area contributed by atoms with E-state index in [4.69, 9.17) is 14.2 Å². The van der Waals surface area contributed by atoms with Crippen LogP contribution in [-0.2, 0) is 14.2 Å².